The van der Waals surface area contributed by atoms with Crippen molar-refractivity contribution >= 4 is 16.0 Å². The minimum atomic E-state index is -8.37. The van der Waals surface area contributed by atoms with Gasteiger partial charge in [0.1, 0.15) is 6.61 Å². The largest absolute Gasteiger partial charge is 0.464 e. The molecular weight excluding hydrogens is 599 g/mol. The van der Waals surface area contributed by atoms with E-state index in [9.17, 15) is 79.1 Å². The number of halogens is 15. The molecule has 0 radical (unpaired) electrons. The molecule has 0 rings (SSSR count). The van der Waals surface area contributed by atoms with Crippen LogP contribution < -0.4 is 0 Å². The molecular formula is C17H20F15NO4S. The molecule has 0 saturated heterocycles. The van der Waals surface area contributed by atoms with Crippen LogP contribution in [0.25, 0.3) is 0 Å². The third-order valence-corrected chi connectivity index (χ3v) is 7.04. The van der Waals surface area contributed by atoms with Crippen molar-refractivity contribution in [2.75, 3.05) is 19.7 Å². The molecule has 38 heavy (non-hydrogen) atoms. The summed E-state index contributed by atoms with van der Waals surface area (Å²) in [4.78, 5) is 11.6. The number of ether oxygens (including phenoxy) is 1. The van der Waals surface area contributed by atoms with Crippen LogP contribution in [0.3, 0.4) is 0 Å². The molecule has 0 spiro atoms. The zero-order valence-electron chi connectivity index (χ0n) is 19.4. The Morgan fingerprint density at radius 1 is 0.763 bits per heavy atom. The normalized spacial score (nSPS) is 16.2. The zero-order chi connectivity index (χ0) is 31.1. The second kappa shape index (κ2) is 10.7. The van der Waals surface area contributed by atoms with Gasteiger partial charge in [0.15, 0.2) is 0 Å². The van der Waals surface area contributed by atoms with Crippen LogP contribution in [0, 0.1) is 5.41 Å². The molecule has 228 valence electrons. The van der Waals surface area contributed by atoms with Crippen LogP contribution in [0.5, 0.6) is 0 Å². The maximum absolute atomic E-state index is 14.4. The van der Waals surface area contributed by atoms with E-state index >= 15 is 0 Å². The van der Waals surface area contributed by atoms with Gasteiger partial charge < -0.3 is 4.74 Å². The fourth-order valence-corrected chi connectivity index (χ4v) is 4.40. The zero-order valence-corrected chi connectivity index (χ0v) is 20.3. The highest BCUT2D eigenvalue weighted by Crippen LogP contribution is 2.60. The molecule has 0 amide bonds. The average Bonchev–Trinajstić information content (AvgIpc) is 2.67. The third kappa shape index (κ3) is 6.22. The first-order valence-corrected chi connectivity index (χ1v) is 11.3. The number of likely N-dealkylation sites (N-methyl/N-ethyl adjacent to an activating group) is 1. The highest BCUT2D eigenvalue weighted by atomic mass is 32.2. The monoisotopic (exact) mass is 619 g/mol. The van der Waals surface area contributed by atoms with Crippen molar-refractivity contribution in [3.63, 3.8) is 0 Å². The van der Waals surface area contributed by atoms with E-state index in [1.54, 1.807) is 0 Å². The quantitative estimate of drug-likeness (QED) is 0.211. The Bertz CT molecular complexity index is 942. The molecule has 0 aliphatic carbocycles. The van der Waals surface area contributed by atoms with Crippen LogP contribution in [-0.4, -0.2) is 85.9 Å². The van der Waals surface area contributed by atoms with Gasteiger partial charge in [0.25, 0.3) is 0 Å². The predicted molar refractivity (Wildman–Crippen MR) is 97.2 cm³/mol. The Morgan fingerprint density at radius 3 is 1.47 bits per heavy atom. The second-order valence-electron chi connectivity index (χ2n) is 8.61. The number of sulfonamides is 1. The number of carbonyl (C=O) groups is 1. The molecule has 0 aliphatic heterocycles. The van der Waals surface area contributed by atoms with Crippen molar-refractivity contribution in [2.45, 2.75) is 75.2 Å². The van der Waals surface area contributed by atoms with E-state index in [1.165, 1.54) is 20.8 Å². The summed E-state index contributed by atoms with van der Waals surface area (Å²) in [6.07, 6.45) is -13.1. The lowest BCUT2D eigenvalue weighted by molar-refractivity contribution is -0.417. The van der Waals surface area contributed by atoms with E-state index in [2.05, 4.69) is 4.74 Å². The summed E-state index contributed by atoms with van der Waals surface area (Å²) in [5, 5.41) is -5.99. The van der Waals surface area contributed by atoms with Crippen LogP contribution in [-0.2, 0) is 19.6 Å². The maximum Gasteiger partial charge on any atom is 0.413 e. The Labute approximate surface area is 205 Å². The average molecular weight is 619 g/mol. The van der Waals surface area contributed by atoms with Gasteiger partial charge in [-0.1, -0.05) is 6.92 Å². The summed E-state index contributed by atoms with van der Waals surface area (Å²) in [6.45, 7) is 0.326. The van der Waals surface area contributed by atoms with E-state index in [0.717, 1.165) is 0 Å². The molecule has 0 heterocycles. The molecule has 0 N–H and O–H groups in total. The van der Waals surface area contributed by atoms with Crippen LogP contribution in [0.1, 0.15) is 27.7 Å². The molecule has 0 aromatic carbocycles. The van der Waals surface area contributed by atoms with Crippen molar-refractivity contribution in [1.82, 2.24) is 4.31 Å². The summed E-state index contributed by atoms with van der Waals surface area (Å²) < 4.78 is 230. The van der Waals surface area contributed by atoms with E-state index in [1.807, 2.05) is 0 Å². The number of nitrogens with zero attached hydrogens (tertiary/aromatic N) is 1. The molecule has 21 heteroatoms. The summed E-state index contributed by atoms with van der Waals surface area (Å²) in [7, 11) is -7.03. The maximum atomic E-state index is 14.4. The molecule has 0 fully saturated rings. The molecule has 0 aromatic heterocycles. The Balaban J connectivity index is 6.79. The van der Waals surface area contributed by atoms with Crippen molar-refractivity contribution < 1.29 is 83.8 Å². The lowest BCUT2D eigenvalue weighted by Crippen LogP contribution is -2.73. The van der Waals surface area contributed by atoms with E-state index < -0.39 is 92.9 Å². The topological polar surface area (TPSA) is 63.7 Å². The third-order valence-electron chi connectivity index (χ3n) is 4.72. The van der Waals surface area contributed by atoms with Gasteiger partial charge in [-0.15, -0.1) is 0 Å². The SMILES string of the molecule is CCN(CCOC(=O)C(C)(C)C)S(=O)(=O)C(C(F)(F)F)C(F)(F)C(F)(F)C(F)(F)C(F)(F)C(F)(F)C(F)F. The van der Waals surface area contributed by atoms with Crippen LogP contribution in [0.2, 0.25) is 0 Å². The minimum Gasteiger partial charge on any atom is -0.464 e. The molecule has 0 bridgehead atoms. The molecule has 1 atom stereocenters. The first-order valence-electron chi connectivity index (χ1n) is 9.80. The van der Waals surface area contributed by atoms with Gasteiger partial charge in [-0.3, -0.25) is 4.79 Å². The Hall–Kier alpha value is -1.67. The number of rotatable bonds is 12. The fourth-order valence-electron chi connectivity index (χ4n) is 2.55. The lowest BCUT2D eigenvalue weighted by Gasteiger charge is -2.42. The summed E-state index contributed by atoms with van der Waals surface area (Å²) in [5.41, 5.74) is -1.30. The predicted octanol–water partition coefficient (Wildman–Crippen LogP) is 5.60. The minimum absolute atomic E-state index is 0.610. The van der Waals surface area contributed by atoms with Crippen LogP contribution in [0.15, 0.2) is 0 Å². The van der Waals surface area contributed by atoms with Gasteiger partial charge in [0.05, 0.1) is 5.41 Å². The van der Waals surface area contributed by atoms with Crippen LogP contribution >= 0.6 is 0 Å². The Morgan fingerprint density at radius 2 is 1.16 bits per heavy atom. The second-order valence-corrected chi connectivity index (χ2v) is 10.6. The molecule has 0 aromatic rings. The number of carbonyl (C=O) groups excluding carboxylic acids is 1. The molecule has 5 nitrogen and oxygen atoms in total. The van der Waals surface area contributed by atoms with Gasteiger partial charge in [-0.05, 0) is 20.8 Å². The van der Waals surface area contributed by atoms with E-state index in [4.69, 9.17) is 0 Å². The highest BCUT2D eigenvalue weighted by molar-refractivity contribution is 7.89. The smallest absolute Gasteiger partial charge is 0.413 e. The summed E-state index contributed by atoms with van der Waals surface area (Å²) in [5.74, 6) is -41.3. The van der Waals surface area contributed by atoms with Crippen molar-refractivity contribution in [1.29, 1.82) is 0 Å². The van der Waals surface area contributed by atoms with E-state index in [0.29, 0.717) is 6.92 Å². The number of hydrogen-bond donors (Lipinski definition) is 0. The molecule has 0 aliphatic rings. The van der Waals surface area contributed by atoms with Crippen molar-refractivity contribution in [3.05, 3.63) is 0 Å². The highest BCUT2D eigenvalue weighted by Gasteiger charge is 2.90. The first kappa shape index (κ1) is 36.3. The summed E-state index contributed by atoms with van der Waals surface area (Å²) >= 11 is 0. The number of esters is 1. The Kier molecular flexibility index (Phi) is 10.2. The van der Waals surface area contributed by atoms with Crippen molar-refractivity contribution in [3.8, 4) is 0 Å². The lowest BCUT2D eigenvalue weighted by atomic mass is 9.92. The van der Waals surface area contributed by atoms with Gasteiger partial charge in [-0.2, -0.15) is 61.4 Å². The summed E-state index contributed by atoms with van der Waals surface area (Å²) in [6, 6.07) is 0. The van der Waals surface area contributed by atoms with E-state index in [-0.39, 0.29) is 0 Å². The van der Waals surface area contributed by atoms with Crippen LogP contribution in [0.4, 0.5) is 65.9 Å². The first-order chi connectivity index (χ1) is 16.4. The molecule has 0 saturated carbocycles. The van der Waals surface area contributed by atoms with Gasteiger partial charge >= 0.3 is 48.2 Å². The van der Waals surface area contributed by atoms with Gasteiger partial charge in [0, 0.05) is 13.1 Å². The standard InChI is InChI=1S/C17H20F15NO4S/c1-5-33(6-7-37-10(34)11(2,3)4)38(35,36)8(14(24,25)26)12(20,21)15(27,28)17(31,32)16(29,30)13(22,23)9(18)19/h8-9H,5-7H2,1-4H3. The number of hydrogen-bond acceptors (Lipinski definition) is 4. The van der Waals surface area contributed by atoms with Gasteiger partial charge in [0.2, 0.25) is 15.3 Å². The van der Waals surface area contributed by atoms with Crippen molar-refractivity contribution in [2.24, 2.45) is 5.41 Å². The fraction of sp³-hybridized carbons (Fsp3) is 0.941. The molecule has 1 unspecified atom stereocenters. The number of alkyl halides is 15. The van der Waals surface area contributed by atoms with Gasteiger partial charge in [-0.25, -0.2) is 17.2 Å².